The Morgan fingerprint density at radius 2 is 1.25 bits per heavy atom. The second kappa shape index (κ2) is 17.8. The summed E-state index contributed by atoms with van der Waals surface area (Å²) in [6, 6.07) is 12.7. The van der Waals surface area contributed by atoms with Gasteiger partial charge < -0.3 is 39.5 Å². The molecule has 0 aliphatic carbocycles. The number of nitrogens with two attached hydrogens (primary N) is 1. The highest BCUT2D eigenvalue weighted by Crippen LogP contribution is 2.19. The van der Waals surface area contributed by atoms with E-state index >= 15 is 0 Å². The SMILES string of the molecule is COc1cnc2ccc(=O)n(CCN3CCC(N)CC3)c2c1.COc1cnc2ccc(=O)n(CCN3CCC(NCc4cc(F)cnc4C)CC3)c2c1. The molecule has 0 spiro atoms. The van der Waals surface area contributed by atoms with Gasteiger partial charge in [0.15, 0.2) is 0 Å². The number of piperidine rings is 2. The number of likely N-dealkylation sites (tertiary alicyclic amines) is 2. The Kier molecular flexibility index (Phi) is 12.8. The van der Waals surface area contributed by atoms with Gasteiger partial charge in [0.25, 0.3) is 11.1 Å². The number of fused-ring (bicyclic) bond motifs is 2. The van der Waals surface area contributed by atoms with Gasteiger partial charge in [-0.05, 0) is 82.5 Å². The maximum Gasteiger partial charge on any atom is 0.251 e. The van der Waals surface area contributed by atoms with Gasteiger partial charge in [-0.2, -0.15) is 0 Å². The van der Waals surface area contributed by atoms with Crippen LogP contribution in [0, 0.1) is 12.7 Å². The van der Waals surface area contributed by atoms with Crippen LogP contribution in [0.3, 0.4) is 0 Å². The number of hydrogen-bond donors (Lipinski definition) is 2. The molecule has 2 saturated heterocycles. The van der Waals surface area contributed by atoms with Gasteiger partial charge in [0.1, 0.15) is 17.3 Å². The first-order valence-corrected chi connectivity index (χ1v) is 18.3. The normalized spacial score (nSPS) is 16.1. The third kappa shape index (κ3) is 9.82. The molecule has 282 valence electrons. The van der Waals surface area contributed by atoms with Crippen LogP contribution >= 0.6 is 0 Å². The van der Waals surface area contributed by atoms with E-state index in [-0.39, 0.29) is 16.9 Å². The lowest BCUT2D eigenvalue weighted by Crippen LogP contribution is -2.43. The second-order valence-electron chi connectivity index (χ2n) is 13.8. The van der Waals surface area contributed by atoms with E-state index in [4.69, 9.17) is 15.2 Å². The fraction of sp³-hybridized carbons (Fsp3) is 0.462. The molecular weight excluding hydrogens is 677 g/mol. The van der Waals surface area contributed by atoms with Crippen molar-refractivity contribution in [3.63, 3.8) is 0 Å². The predicted octanol–water partition coefficient (Wildman–Crippen LogP) is 3.33. The second-order valence-corrected chi connectivity index (χ2v) is 13.8. The van der Waals surface area contributed by atoms with Gasteiger partial charge in [-0.15, -0.1) is 0 Å². The van der Waals surface area contributed by atoms with E-state index < -0.39 is 0 Å². The molecule has 3 N–H and O–H groups in total. The summed E-state index contributed by atoms with van der Waals surface area (Å²) in [5.41, 5.74) is 10.9. The van der Waals surface area contributed by atoms with Crippen molar-refractivity contribution in [1.29, 1.82) is 0 Å². The Bertz CT molecular complexity index is 2110. The van der Waals surface area contributed by atoms with Crippen molar-refractivity contribution in [1.82, 2.24) is 39.2 Å². The number of nitrogens with one attached hydrogen (secondary N) is 1. The summed E-state index contributed by atoms with van der Waals surface area (Å²) in [5, 5.41) is 3.54. The Balaban J connectivity index is 0.000000192. The van der Waals surface area contributed by atoms with Crippen LogP contribution < -0.4 is 31.6 Å². The molecule has 0 bridgehead atoms. The van der Waals surface area contributed by atoms with Crippen molar-refractivity contribution in [3.8, 4) is 11.5 Å². The molecule has 14 heteroatoms. The first kappa shape index (κ1) is 38.0. The third-order valence-electron chi connectivity index (χ3n) is 10.3. The zero-order chi connectivity index (χ0) is 37.3. The van der Waals surface area contributed by atoms with Crippen molar-refractivity contribution in [2.45, 2.75) is 64.3 Å². The van der Waals surface area contributed by atoms with Gasteiger partial charge in [0, 0.05) is 74.8 Å². The number of methoxy groups -OCH3 is 2. The Morgan fingerprint density at radius 3 is 1.75 bits per heavy atom. The molecule has 5 aromatic heterocycles. The summed E-state index contributed by atoms with van der Waals surface area (Å²) >= 11 is 0. The predicted molar refractivity (Wildman–Crippen MR) is 204 cm³/mol. The number of hydrogen-bond acceptors (Lipinski definition) is 11. The fourth-order valence-corrected chi connectivity index (χ4v) is 6.98. The maximum atomic E-state index is 13.4. The number of ether oxygens (including phenoxy) is 2. The standard InChI is InChI=1S/C23H28FN5O2.C16H22N4O2/c1-16-17(11-18(24)14-25-16)13-26-19-5-7-28(8-6-19)9-10-29-22-12-20(31-2)15-27-21(22)3-4-23(29)30;1-22-13-10-15-14(18-11-13)2-3-16(21)20(15)9-8-19-6-4-12(17)5-7-19/h3-4,11-12,14-15,19,26H,5-10,13H2,1-2H3;2-3,10-12H,4-9,17H2,1H3. The number of pyridine rings is 5. The Labute approximate surface area is 308 Å². The van der Waals surface area contributed by atoms with Crippen LogP contribution in [0.25, 0.3) is 22.1 Å². The number of aromatic nitrogens is 5. The van der Waals surface area contributed by atoms with Crippen molar-refractivity contribution in [3.05, 3.63) is 98.8 Å². The van der Waals surface area contributed by atoms with Gasteiger partial charge in [-0.1, -0.05) is 0 Å². The molecule has 2 aliphatic rings. The molecular formula is C39H50FN9O4. The minimum absolute atomic E-state index is 0.00346. The van der Waals surface area contributed by atoms with Crippen LogP contribution in [0.5, 0.6) is 11.5 Å². The van der Waals surface area contributed by atoms with E-state index in [0.29, 0.717) is 43.2 Å². The summed E-state index contributed by atoms with van der Waals surface area (Å²) in [4.78, 5) is 42.2. The molecule has 0 atom stereocenters. The largest absolute Gasteiger partial charge is 0.495 e. The van der Waals surface area contributed by atoms with Gasteiger partial charge in [-0.25, -0.2) is 4.39 Å². The van der Waals surface area contributed by atoms with Crippen LogP contribution in [0.1, 0.15) is 36.9 Å². The molecule has 2 aliphatic heterocycles. The summed E-state index contributed by atoms with van der Waals surface area (Å²) in [5.74, 6) is 1.01. The average Bonchev–Trinajstić information content (AvgIpc) is 3.18. The van der Waals surface area contributed by atoms with Gasteiger partial charge in [-0.3, -0.25) is 24.5 Å². The maximum absolute atomic E-state index is 13.4. The van der Waals surface area contributed by atoms with Gasteiger partial charge >= 0.3 is 0 Å². The zero-order valence-corrected chi connectivity index (χ0v) is 30.8. The zero-order valence-electron chi connectivity index (χ0n) is 30.8. The minimum atomic E-state index is -0.297. The van der Waals surface area contributed by atoms with Crippen LogP contribution in [0.15, 0.2) is 70.6 Å². The number of nitrogens with zero attached hydrogens (tertiary/aromatic N) is 7. The summed E-state index contributed by atoms with van der Waals surface area (Å²) < 4.78 is 27.5. The number of aryl methyl sites for hydroxylation is 1. The van der Waals surface area contributed by atoms with E-state index in [1.807, 2.05) is 19.1 Å². The van der Waals surface area contributed by atoms with Crippen molar-refractivity contribution in [2.24, 2.45) is 5.73 Å². The van der Waals surface area contributed by atoms with E-state index in [1.54, 1.807) is 66.1 Å². The quantitative estimate of drug-likeness (QED) is 0.207. The monoisotopic (exact) mass is 727 g/mol. The third-order valence-corrected chi connectivity index (χ3v) is 10.3. The molecule has 0 saturated carbocycles. The smallest absolute Gasteiger partial charge is 0.251 e. The molecule has 2 fully saturated rings. The lowest BCUT2D eigenvalue weighted by molar-refractivity contribution is 0.191. The first-order valence-electron chi connectivity index (χ1n) is 18.3. The molecule has 7 rings (SSSR count). The van der Waals surface area contributed by atoms with E-state index in [0.717, 1.165) is 98.3 Å². The summed E-state index contributed by atoms with van der Waals surface area (Å²) in [6.07, 6.45) is 8.67. The van der Waals surface area contributed by atoms with Crippen LogP contribution in [-0.2, 0) is 19.6 Å². The molecule has 0 aromatic carbocycles. The minimum Gasteiger partial charge on any atom is -0.495 e. The van der Waals surface area contributed by atoms with Crippen molar-refractivity contribution < 1.29 is 13.9 Å². The van der Waals surface area contributed by atoms with E-state index in [9.17, 15) is 14.0 Å². The van der Waals surface area contributed by atoms with Crippen molar-refractivity contribution >= 4 is 22.1 Å². The van der Waals surface area contributed by atoms with Crippen LogP contribution in [-0.4, -0.2) is 99.5 Å². The summed E-state index contributed by atoms with van der Waals surface area (Å²) in [7, 11) is 3.20. The van der Waals surface area contributed by atoms with Crippen LogP contribution in [0.4, 0.5) is 4.39 Å². The lowest BCUT2D eigenvalue weighted by atomic mass is 10.0. The van der Waals surface area contributed by atoms with Gasteiger partial charge in [0.2, 0.25) is 0 Å². The summed E-state index contributed by atoms with van der Waals surface area (Å²) in [6.45, 7) is 9.36. The molecule has 13 nitrogen and oxygen atoms in total. The number of rotatable bonds is 11. The molecule has 53 heavy (non-hydrogen) atoms. The Hall–Kier alpha value is -4.76. The first-order chi connectivity index (χ1) is 25.7. The highest BCUT2D eigenvalue weighted by molar-refractivity contribution is 5.76. The molecule has 0 amide bonds. The van der Waals surface area contributed by atoms with Crippen LogP contribution in [0.2, 0.25) is 0 Å². The molecule has 7 heterocycles. The highest BCUT2D eigenvalue weighted by atomic mass is 19.1. The fourth-order valence-electron chi connectivity index (χ4n) is 6.98. The topological polar surface area (TPSA) is 146 Å². The number of halogens is 1. The lowest BCUT2D eigenvalue weighted by Gasteiger charge is -2.32. The van der Waals surface area contributed by atoms with Crippen molar-refractivity contribution in [2.75, 3.05) is 53.5 Å². The van der Waals surface area contributed by atoms with E-state index in [2.05, 4.69) is 30.1 Å². The van der Waals surface area contributed by atoms with Gasteiger partial charge in [0.05, 0.1) is 54.9 Å². The average molecular weight is 728 g/mol. The van der Waals surface area contributed by atoms with E-state index in [1.165, 1.54) is 6.20 Å². The molecule has 5 aromatic rings. The molecule has 0 radical (unpaired) electrons. The Morgan fingerprint density at radius 1 is 0.736 bits per heavy atom. The highest BCUT2D eigenvalue weighted by Gasteiger charge is 2.20. The molecule has 0 unspecified atom stereocenters.